The van der Waals surface area contributed by atoms with Crippen LogP contribution in [0.5, 0.6) is 0 Å². The predicted octanol–water partition coefficient (Wildman–Crippen LogP) is 2.17. The van der Waals surface area contributed by atoms with Gasteiger partial charge in [0.2, 0.25) is 0 Å². The Hall–Kier alpha value is -2.03. The molecule has 0 amide bonds. The molecule has 0 spiro atoms. The molecule has 1 N–H and O–H groups in total. The molecular weight excluding hydrogens is 396 g/mol. The van der Waals surface area contributed by atoms with Crippen molar-refractivity contribution in [1.82, 2.24) is 0 Å². The molecule has 0 aliphatic carbocycles. The van der Waals surface area contributed by atoms with Crippen LogP contribution in [0.3, 0.4) is 0 Å². The fraction of sp³-hybridized carbons (Fsp3) is 0.524. The monoisotopic (exact) mass is 423 g/mol. The number of aliphatic hydroxyl groups is 1. The van der Waals surface area contributed by atoms with Crippen molar-refractivity contribution in [2.45, 2.75) is 70.2 Å². The van der Waals surface area contributed by atoms with E-state index in [4.69, 9.17) is 14.2 Å². The molecule has 0 radical (unpaired) electrons. The fourth-order valence-corrected chi connectivity index (χ4v) is 3.85. The first-order valence-corrected chi connectivity index (χ1v) is 10.1. The number of thioether (sulfide) groups is 1. The molecule has 7 nitrogen and oxygen atoms in total. The number of benzene rings is 1. The zero-order valence-corrected chi connectivity index (χ0v) is 18.3. The van der Waals surface area contributed by atoms with Crippen LogP contribution in [0.15, 0.2) is 33.9 Å². The van der Waals surface area contributed by atoms with Crippen molar-refractivity contribution < 1.29 is 34.0 Å². The third-order valence-corrected chi connectivity index (χ3v) is 5.53. The lowest BCUT2D eigenvalue weighted by Crippen LogP contribution is -2.51. The van der Waals surface area contributed by atoms with Crippen LogP contribution >= 0.6 is 11.8 Å². The Balaban J connectivity index is 2.49. The summed E-state index contributed by atoms with van der Waals surface area (Å²) in [5.74, 6) is -1.51. The van der Waals surface area contributed by atoms with Gasteiger partial charge < -0.3 is 24.4 Å². The molecule has 1 heterocycles. The van der Waals surface area contributed by atoms with E-state index in [2.05, 4.69) is 20.8 Å². The second-order valence-corrected chi connectivity index (χ2v) is 8.93. The third-order valence-electron chi connectivity index (χ3n) is 4.38. The zero-order chi connectivity index (χ0) is 21.9. The Morgan fingerprint density at radius 1 is 1.24 bits per heavy atom. The maximum Gasteiger partial charge on any atom is 0.307 e. The van der Waals surface area contributed by atoms with Gasteiger partial charge in [0.1, 0.15) is 6.10 Å². The van der Waals surface area contributed by atoms with Crippen LogP contribution in [-0.2, 0) is 29.2 Å². The Kier molecular flexibility index (Phi) is 7.37. The number of rotatable bonds is 5. The van der Waals surface area contributed by atoms with Gasteiger partial charge in [-0.05, 0) is 41.3 Å². The summed E-state index contributed by atoms with van der Waals surface area (Å²) in [4.78, 5) is 23.8. The second-order valence-electron chi connectivity index (χ2n) is 7.92. The number of hydrogen-bond donors (Lipinski definition) is 1. The minimum Gasteiger partial charge on any atom is -0.852 e. The molecule has 8 heteroatoms. The SMILES string of the molecule is CC(=O)OC1=C(Sc2cc(C(C)(C)C)ccc2C)OC(C[O-])[C@@H](OC(C)=O)C1O. The van der Waals surface area contributed by atoms with Crippen molar-refractivity contribution in [2.24, 2.45) is 0 Å². The van der Waals surface area contributed by atoms with Crippen molar-refractivity contribution in [2.75, 3.05) is 6.61 Å². The summed E-state index contributed by atoms with van der Waals surface area (Å²) in [5.41, 5.74) is 1.97. The highest BCUT2D eigenvalue weighted by Crippen LogP contribution is 2.40. The largest absolute Gasteiger partial charge is 0.852 e. The standard InChI is InChI=1S/C21H27O7S/c1-11-7-8-14(21(4,5)6)9-16(11)29-20-19(27-13(3)24)17(25)18(26-12(2)23)15(10-22)28-20/h7-9,15,17-18,25H,10H2,1-6H3/q-1/t15?,17?,18-/m1/s1. The number of ether oxygens (including phenoxy) is 3. The van der Waals surface area contributed by atoms with Gasteiger partial charge in [-0.1, -0.05) is 39.5 Å². The minimum atomic E-state index is -1.50. The Morgan fingerprint density at radius 2 is 1.90 bits per heavy atom. The van der Waals surface area contributed by atoms with Gasteiger partial charge in [-0.15, -0.1) is 0 Å². The van der Waals surface area contributed by atoms with E-state index in [1.54, 1.807) is 0 Å². The molecule has 1 aromatic carbocycles. The maximum atomic E-state index is 11.6. The zero-order valence-electron chi connectivity index (χ0n) is 17.5. The first-order chi connectivity index (χ1) is 13.4. The van der Waals surface area contributed by atoms with Gasteiger partial charge in [-0.3, -0.25) is 9.59 Å². The maximum absolute atomic E-state index is 11.6. The molecule has 1 aliphatic rings. The average Bonchev–Trinajstić information content (AvgIpc) is 2.60. The molecule has 3 atom stereocenters. The molecule has 2 rings (SSSR count). The summed E-state index contributed by atoms with van der Waals surface area (Å²) in [5, 5.41) is 22.4. The number of esters is 2. The summed E-state index contributed by atoms with van der Waals surface area (Å²) in [6.45, 7) is 9.80. The Bertz CT molecular complexity index is 810. The minimum absolute atomic E-state index is 0.0823. The highest BCUT2D eigenvalue weighted by atomic mass is 32.2. The summed E-state index contributed by atoms with van der Waals surface area (Å²) in [6.07, 6.45) is -3.86. The number of aryl methyl sites for hydroxylation is 1. The van der Waals surface area contributed by atoms with Gasteiger partial charge in [0.15, 0.2) is 23.1 Å². The lowest BCUT2D eigenvalue weighted by molar-refractivity contribution is -0.391. The lowest BCUT2D eigenvalue weighted by Gasteiger charge is -2.38. The van der Waals surface area contributed by atoms with Crippen LogP contribution in [0.4, 0.5) is 0 Å². The van der Waals surface area contributed by atoms with Crippen LogP contribution in [0.2, 0.25) is 0 Å². The highest BCUT2D eigenvalue weighted by Gasteiger charge is 2.42. The number of aliphatic hydroxyl groups excluding tert-OH is 1. The molecule has 0 fully saturated rings. The lowest BCUT2D eigenvalue weighted by atomic mass is 9.87. The number of carbonyl (C=O) groups excluding carboxylic acids is 2. The van der Waals surface area contributed by atoms with Crippen molar-refractivity contribution in [1.29, 1.82) is 0 Å². The Morgan fingerprint density at radius 3 is 2.41 bits per heavy atom. The molecule has 0 saturated carbocycles. The van der Waals surface area contributed by atoms with Gasteiger partial charge in [0.05, 0.1) is 0 Å². The molecule has 29 heavy (non-hydrogen) atoms. The van der Waals surface area contributed by atoms with Gasteiger partial charge in [0, 0.05) is 18.7 Å². The predicted molar refractivity (Wildman–Crippen MR) is 106 cm³/mol. The van der Waals surface area contributed by atoms with Gasteiger partial charge >= 0.3 is 11.9 Å². The van der Waals surface area contributed by atoms with Crippen LogP contribution in [0.25, 0.3) is 0 Å². The fourth-order valence-electron chi connectivity index (χ4n) is 2.80. The first kappa shape index (κ1) is 23.3. The summed E-state index contributed by atoms with van der Waals surface area (Å²) >= 11 is 1.16. The highest BCUT2D eigenvalue weighted by molar-refractivity contribution is 8.03. The van der Waals surface area contributed by atoms with Gasteiger partial charge in [0.25, 0.3) is 0 Å². The van der Waals surface area contributed by atoms with E-state index < -0.39 is 36.9 Å². The van der Waals surface area contributed by atoms with Crippen molar-refractivity contribution in [3.05, 3.63) is 40.2 Å². The van der Waals surface area contributed by atoms with E-state index in [0.717, 1.165) is 34.7 Å². The smallest absolute Gasteiger partial charge is 0.307 e. The summed E-state index contributed by atoms with van der Waals surface area (Å²) in [6, 6.07) is 6.01. The van der Waals surface area contributed by atoms with Crippen molar-refractivity contribution >= 4 is 23.7 Å². The van der Waals surface area contributed by atoms with Crippen molar-refractivity contribution in [3.63, 3.8) is 0 Å². The van der Waals surface area contributed by atoms with Crippen molar-refractivity contribution in [3.8, 4) is 0 Å². The first-order valence-electron chi connectivity index (χ1n) is 9.25. The molecule has 0 bridgehead atoms. The van der Waals surface area contributed by atoms with Gasteiger partial charge in [-0.25, -0.2) is 0 Å². The molecule has 160 valence electrons. The normalized spacial score (nSPS) is 22.1. The number of hydrogen-bond acceptors (Lipinski definition) is 8. The molecule has 1 aromatic rings. The van der Waals surface area contributed by atoms with Crippen LogP contribution in [0.1, 0.15) is 45.7 Å². The van der Waals surface area contributed by atoms with E-state index in [-0.39, 0.29) is 16.3 Å². The summed E-state index contributed by atoms with van der Waals surface area (Å²) in [7, 11) is 0. The van der Waals surface area contributed by atoms with Crippen LogP contribution < -0.4 is 5.11 Å². The van der Waals surface area contributed by atoms with E-state index >= 15 is 0 Å². The van der Waals surface area contributed by atoms with E-state index in [9.17, 15) is 19.8 Å². The molecular formula is C21H27O7S-. The van der Waals surface area contributed by atoms with E-state index in [1.807, 2.05) is 25.1 Å². The molecule has 0 aromatic heterocycles. The van der Waals surface area contributed by atoms with Gasteiger partial charge in [-0.2, -0.15) is 0 Å². The summed E-state index contributed by atoms with van der Waals surface area (Å²) < 4.78 is 16.0. The topological polar surface area (TPSA) is 105 Å². The van der Waals surface area contributed by atoms with Crippen LogP contribution in [-0.4, -0.2) is 42.0 Å². The number of carbonyl (C=O) groups is 2. The average molecular weight is 424 g/mol. The molecule has 1 aliphatic heterocycles. The van der Waals surface area contributed by atoms with Crippen LogP contribution in [0, 0.1) is 6.92 Å². The quantitative estimate of drug-likeness (QED) is 0.719. The van der Waals surface area contributed by atoms with E-state index in [1.165, 1.54) is 6.92 Å². The third kappa shape index (κ3) is 5.74. The Labute approximate surface area is 175 Å². The molecule has 0 saturated heterocycles. The second kappa shape index (κ2) is 9.19. The van der Waals surface area contributed by atoms with E-state index in [0.29, 0.717) is 0 Å². The molecule has 2 unspecified atom stereocenters.